The molecule has 6 heteroatoms. The molecule has 0 radical (unpaired) electrons. The van der Waals surface area contributed by atoms with Crippen LogP contribution < -0.4 is 10.5 Å². The van der Waals surface area contributed by atoms with Crippen molar-refractivity contribution in [3.8, 4) is 5.75 Å². The first kappa shape index (κ1) is 17.8. The van der Waals surface area contributed by atoms with Crippen LogP contribution in [0.15, 0.2) is 30.3 Å². The van der Waals surface area contributed by atoms with Gasteiger partial charge in [0.05, 0.1) is 6.61 Å². The highest BCUT2D eigenvalue weighted by Gasteiger charge is 2.20. The van der Waals surface area contributed by atoms with Crippen LogP contribution in [0.25, 0.3) is 0 Å². The number of hydrogen-bond donors (Lipinski definition) is 1. The summed E-state index contributed by atoms with van der Waals surface area (Å²) in [5.74, 6) is 0.823. The van der Waals surface area contributed by atoms with Gasteiger partial charge in [0.25, 0.3) is 0 Å². The van der Waals surface area contributed by atoms with E-state index in [1.807, 2.05) is 30.3 Å². The normalized spacial score (nSPS) is 18.0. The number of amides is 1. The second kappa shape index (κ2) is 9.60. The van der Waals surface area contributed by atoms with Gasteiger partial charge in [0.15, 0.2) is 0 Å². The maximum Gasteiger partial charge on any atom is 0.248 e. The molecule has 0 aromatic heterocycles. The molecular weight excluding hydrogens is 292 g/mol. The molecule has 0 spiro atoms. The van der Waals surface area contributed by atoms with Crippen LogP contribution in [0.1, 0.15) is 12.8 Å². The Morgan fingerprint density at radius 1 is 1.29 bits per heavy atom. The summed E-state index contributed by atoms with van der Waals surface area (Å²) in [7, 11) is 0. The van der Waals surface area contributed by atoms with E-state index in [2.05, 4.69) is 0 Å². The molecule has 1 saturated heterocycles. The average molecular weight is 315 g/mol. The van der Waals surface area contributed by atoms with E-state index < -0.39 is 0 Å². The lowest BCUT2D eigenvalue weighted by atomic mass is 10.1. The molecular formula is C15H23ClN2O3. The number of hydrogen-bond acceptors (Lipinski definition) is 4. The molecule has 0 aliphatic carbocycles. The number of nitrogens with zero attached hydrogens (tertiary/aromatic N) is 1. The third-order valence-electron chi connectivity index (χ3n) is 3.28. The quantitative estimate of drug-likeness (QED) is 0.807. The van der Waals surface area contributed by atoms with E-state index in [0.717, 1.165) is 25.1 Å². The zero-order valence-electron chi connectivity index (χ0n) is 12.1. The molecule has 1 aliphatic heterocycles. The fraction of sp³-hybridized carbons (Fsp3) is 0.533. The van der Waals surface area contributed by atoms with Crippen LogP contribution in [0.4, 0.5) is 0 Å². The van der Waals surface area contributed by atoms with Crippen LogP contribution in [0.2, 0.25) is 0 Å². The SMILES string of the molecule is Cl.NC1CCCN(C(=O)COCCOc2ccccc2)C1. The van der Waals surface area contributed by atoms with Gasteiger partial charge < -0.3 is 20.1 Å². The first-order chi connectivity index (χ1) is 9.75. The number of para-hydroxylation sites is 1. The zero-order chi connectivity index (χ0) is 14.2. The van der Waals surface area contributed by atoms with Crippen LogP contribution in [0.3, 0.4) is 0 Å². The Bertz CT molecular complexity index is 417. The topological polar surface area (TPSA) is 64.8 Å². The lowest BCUT2D eigenvalue weighted by Crippen LogP contribution is -2.47. The molecule has 1 aromatic carbocycles. The molecule has 5 nitrogen and oxygen atoms in total. The van der Waals surface area contributed by atoms with Crippen LogP contribution in [0, 0.1) is 0 Å². The minimum Gasteiger partial charge on any atom is -0.491 e. The van der Waals surface area contributed by atoms with Gasteiger partial charge in [0, 0.05) is 19.1 Å². The van der Waals surface area contributed by atoms with Crippen LogP contribution in [0.5, 0.6) is 5.75 Å². The maximum atomic E-state index is 11.9. The van der Waals surface area contributed by atoms with Crippen LogP contribution >= 0.6 is 12.4 Å². The molecule has 1 unspecified atom stereocenters. The number of rotatable bonds is 6. The van der Waals surface area contributed by atoms with E-state index in [4.69, 9.17) is 15.2 Å². The van der Waals surface area contributed by atoms with E-state index in [0.29, 0.717) is 19.8 Å². The number of nitrogens with two attached hydrogens (primary N) is 1. The van der Waals surface area contributed by atoms with Crippen molar-refractivity contribution in [1.29, 1.82) is 0 Å². The van der Waals surface area contributed by atoms with Crippen molar-refractivity contribution in [2.75, 3.05) is 32.9 Å². The van der Waals surface area contributed by atoms with Gasteiger partial charge in [-0.05, 0) is 25.0 Å². The third-order valence-corrected chi connectivity index (χ3v) is 3.28. The molecule has 1 atom stereocenters. The first-order valence-electron chi connectivity index (χ1n) is 7.04. The summed E-state index contributed by atoms with van der Waals surface area (Å²) < 4.78 is 10.8. The molecule has 1 aliphatic rings. The van der Waals surface area contributed by atoms with E-state index in [1.165, 1.54) is 0 Å². The molecule has 1 heterocycles. The van der Waals surface area contributed by atoms with Crippen molar-refractivity contribution >= 4 is 18.3 Å². The Kier molecular flexibility index (Phi) is 8.12. The Balaban J connectivity index is 0.00000220. The van der Waals surface area contributed by atoms with Gasteiger partial charge in [-0.2, -0.15) is 0 Å². The molecule has 2 rings (SSSR count). The van der Waals surface area contributed by atoms with Gasteiger partial charge in [-0.25, -0.2) is 0 Å². The van der Waals surface area contributed by atoms with Gasteiger partial charge in [-0.1, -0.05) is 18.2 Å². The predicted octanol–water partition coefficient (Wildman–Crippen LogP) is 1.45. The smallest absolute Gasteiger partial charge is 0.248 e. The molecule has 1 amide bonds. The largest absolute Gasteiger partial charge is 0.491 e. The van der Waals surface area contributed by atoms with E-state index in [-0.39, 0.29) is 31.0 Å². The summed E-state index contributed by atoms with van der Waals surface area (Å²) in [5, 5.41) is 0. The average Bonchev–Trinajstić information content (AvgIpc) is 2.48. The summed E-state index contributed by atoms with van der Waals surface area (Å²) in [4.78, 5) is 13.7. The fourth-order valence-electron chi connectivity index (χ4n) is 2.22. The number of likely N-dealkylation sites (tertiary alicyclic amines) is 1. The van der Waals surface area contributed by atoms with E-state index >= 15 is 0 Å². The summed E-state index contributed by atoms with van der Waals surface area (Å²) >= 11 is 0. The minimum atomic E-state index is 0. The number of piperidine rings is 1. The summed E-state index contributed by atoms with van der Waals surface area (Å²) in [6, 6.07) is 9.65. The number of carbonyl (C=O) groups is 1. The van der Waals surface area contributed by atoms with E-state index in [1.54, 1.807) is 4.90 Å². The highest BCUT2D eigenvalue weighted by atomic mass is 35.5. The molecule has 0 saturated carbocycles. The second-order valence-electron chi connectivity index (χ2n) is 4.96. The minimum absolute atomic E-state index is 0. The number of ether oxygens (including phenoxy) is 2. The summed E-state index contributed by atoms with van der Waals surface area (Å²) in [6.45, 7) is 2.38. The lowest BCUT2D eigenvalue weighted by Gasteiger charge is -2.30. The lowest BCUT2D eigenvalue weighted by molar-refractivity contribution is -0.137. The standard InChI is InChI=1S/C15H22N2O3.ClH/c16-13-5-4-8-17(11-13)15(18)12-19-9-10-20-14-6-2-1-3-7-14;/h1-3,6-7,13H,4-5,8-12,16H2;1H. The van der Waals surface area contributed by atoms with E-state index in [9.17, 15) is 4.79 Å². The number of halogens is 1. The van der Waals surface area contributed by atoms with Crippen LogP contribution in [-0.2, 0) is 9.53 Å². The van der Waals surface area contributed by atoms with Gasteiger partial charge in [0.2, 0.25) is 5.91 Å². The Labute approximate surface area is 131 Å². The van der Waals surface area contributed by atoms with Gasteiger partial charge in [-0.15, -0.1) is 12.4 Å². The van der Waals surface area contributed by atoms with Crippen molar-refractivity contribution < 1.29 is 14.3 Å². The molecule has 118 valence electrons. The third kappa shape index (κ3) is 6.33. The van der Waals surface area contributed by atoms with Crippen molar-refractivity contribution in [2.45, 2.75) is 18.9 Å². The Morgan fingerprint density at radius 3 is 2.76 bits per heavy atom. The van der Waals surface area contributed by atoms with Gasteiger partial charge in [-0.3, -0.25) is 4.79 Å². The Morgan fingerprint density at radius 2 is 2.05 bits per heavy atom. The highest BCUT2D eigenvalue weighted by Crippen LogP contribution is 2.09. The second-order valence-corrected chi connectivity index (χ2v) is 4.96. The first-order valence-corrected chi connectivity index (χ1v) is 7.04. The molecule has 1 aromatic rings. The molecule has 21 heavy (non-hydrogen) atoms. The number of carbonyl (C=O) groups excluding carboxylic acids is 1. The van der Waals surface area contributed by atoms with Crippen molar-refractivity contribution in [3.05, 3.63) is 30.3 Å². The molecule has 0 bridgehead atoms. The van der Waals surface area contributed by atoms with Crippen LogP contribution in [-0.4, -0.2) is 49.8 Å². The molecule has 1 fully saturated rings. The van der Waals surface area contributed by atoms with Gasteiger partial charge >= 0.3 is 0 Å². The van der Waals surface area contributed by atoms with Crippen molar-refractivity contribution in [3.63, 3.8) is 0 Å². The summed E-state index contributed by atoms with van der Waals surface area (Å²) in [5.41, 5.74) is 5.85. The maximum absolute atomic E-state index is 11.9. The fourth-order valence-corrected chi connectivity index (χ4v) is 2.22. The van der Waals surface area contributed by atoms with Gasteiger partial charge in [0.1, 0.15) is 19.0 Å². The highest BCUT2D eigenvalue weighted by molar-refractivity contribution is 5.85. The Hall–Kier alpha value is -1.30. The molecule has 2 N–H and O–H groups in total. The van der Waals surface area contributed by atoms with Crippen molar-refractivity contribution in [2.24, 2.45) is 5.73 Å². The van der Waals surface area contributed by atoms with Crippen molar-refractivity contribution in [1.82, 2.24) is 4.90 Å². The monoisotopic (exact) mass is 314 g/mol. The number of benzene rings is 1. The summed E-state index contributed by atoms with van der Waals surface area (Å²) in [6.07, 6.45) is 1.97. The predicted molar refractivity (Wildman–Crippen MR) is 83.8 cm³/mol. The zero-order valence-corrected chi connectivity index (χ0v) is 12.9.